The normalized spacial score (nSPS) is 24.1. The number of nitrogens with zero attached hydrogens (tertiary/aromatic N) is 2. The van der Waals surface area contributed by atoms with E-state index in [4.69, 9.17) is 9.84 Å². The molecule has 0 aromatic heterocycles. The molecule has 2 unspecified atom stereocenters. The zero-order valence-electron chi connectivity index (χ0n) is 24.0. The molecule has 4 heterocycles. The van der Waals surface area contributed by atoms with Crippen LogP contribution in [0, 0.1) is 5.92 Å². The molecule has 2 aromatic carbocycles. The topological polar surface area (TPSA) is 94.1 Å². The number of benzene rings is 2. The van der Waals surface area contributed by atoms with Crippen LogP contribution in [0.25, 0.3) is 16.7 Å². The molecule has 6 rings (SSSR count). The predicted molar refractivity (Wildman–Crippen MR) is 160 cm³/mol. The number of hydrogen-bond acceptors (Lipinski definition) is 6. The molecule has 0 bridgehead atoms. The minimum Gasteiger partial charge on any atom is -0.491 e. The third-order valence-electron chi connectivity index (χ3n) is 9.09. The van der Waals surface area contributed by atoms with Crippen molar-refractivity contribution >= 4 is 23.1 Å². The van der Waals surface area contributed by atoms with Gasteiger partial charge in [0, 0.05) is 42.1 Å². The van der Waals surface area contributed by atoms with E-state index in [1.54, 1.807) is 0 Å². The van der Waals surface area contributed by atoms with Crippen LogP contribution in [0.5, 0.6) is 5.75 Å². The van der Waals surface area contributed by atoms with E-state index < -0.39 is 0 Å². The molecular weight excluding hydrogens is 516 g/mol. The van der Waals surface area contributed by atoms with Gasteiger partial charge in [0.25, 0.3) is 5.91 Å². The van der Waals surface area contributed by atoms with E-state index in [2.05, 4.69) is 27.4 Å². The van der Waals surface area contributed by atoms with Crippen molar-refractivity contribution in [3.8, 4) is 16.9 Å². The number of nitrogens with one attached hydrogen (secondary N) is 2. The highest BCUT2D eigenvalue weighted by atomic mass is 16.5. The number of aliphatic hydroxyl groups excluding tert-OH is 1. The van der Waals surface area contributed by atoms with E-state index in [1.165, 1.54) is 25.9 Å². The average molecular weight is 557 g/mol. The van der Waals surface area contributed by atoms with Gasteiger partial charge in [-0.2, -0.15) is 0 Å². The van der Waals surface area contributed by atoms with Crippen LogP contribution in [0.2, 0.25) is 0 Å². The Morgan fingerprint density at radius 1 is 1.10 bits per heavy atom. The zero-order chi connectivity index (χ0) is 28.5. The number of fused-ring (bicyclic) bond motifs is 1. The van der Waals surface area contributed by atoms with Gasteiger partial charge in [0.1, 0.15) is 12.4 Å². The summed E-state index contributed by atoms with van der Waals surface area (Å²) in [5, 5.41) is 15.7. The summed E-state index contributed by atoms with van der Waals surface area (Å²) < 4.78 is 5.63. The van der Waals surface area contributed by atoms with Crippen molar-refractivity contribution in [3.05, 3.63) is 65.4 Å². The van der Waals surface area contributed by atoms with E-state index >= 15 is 0 Å². The Hall–Kier alpha value is -3.62. The van der Waals surface area contributed by atoms with Crippen molar-refractivity contribution in [1.29, 1.82) is 0 Å². The first kappa shape index (κ1) is 27.5. The number of carbonyl (C=O) groups is 2. The molecule has 2 amide bonds. The molecule has 41 heavy (non-hydrogen) atoms. The third-order valence-corrected chi connectivity index (χ3v) is 9.09. The van der Waals surface area contributed by atoms with E-state index in [0.717, 1.165) is 59.6 Å². The molecule has 2 atom stereocenters. The van der Waals surface area contributed by atoms with Gasteiger partial charge < -0.3 is 30.3 Å². The van der Waals surface area contributed by atoms with Crippen LogP contribution < -0.4 is 15.4 Å². The first-order chi connectivity index (χ1) is 19.9. The average Bonchev–Trinajstić information content (AvgIpc) is 3.70. The maximum absolute atomic E-state index is 13.8. The highest BCUT2D eigenvalue weighted by Gasteiger charge is 2.39. The molecule has 0 aliphatic carbocycles. The fraction of sp³-hybridized carbons (Fsp3) is 0.455. The summed E-state index contributed by atoms with van der Waals surface area (Å²) in [6, 6.07) is 14.1. The minimum absolute atomic E-state index is 0.0508. The molecule has 0 radical (unpaired) electrons. The van der Waals surface area contributed by atoms with Crippen LogP contribution in [0.4, 0.5) is 5.69 Å². The maximum Gasteiger partial charge on any atom is 0.256 e. The van der Waals surface area contributed by atoms with Crippen LogP contribution >= 0.6 is 0 Å². The number of ether oxygens (including phenoxy) is 1. The van der Waals surface area contributed by atoms with Crippen molar-refractivity contribution in [2.75, 3.05) is 44.7 Å². The molecular formula is C33H40N4O4. The van der Waals surface area contributed by atoms with Crippen LogP contribution in [-0.4, -0.2) is 78.2 Å². The number of anilines is 1. The lowest BCUT2D eigenvalue weighted by Gasteiger charge is -2.38. The molecule has 8 heteroatoms. The number of amides is 2. The predicted octanol–water partition coefficient (Wildman–Crippen LogP) is 4.03. The van der Waals surface area contributed by atoms with Gasteiger partial charge in [0.2, 0.25) is 5.91 Å². The van der Waals surface area contributed by atoms with Gasteiger partial charge in [-0.25, -0.2) is 0 Å². The molecule has 0 saturated carbocycles. The fourth-order valence-electron chi connectivity index (χ4n) is 6.98. The first-order valence-corrected chi connectivity index (χ1v) is 14.9. The van der Waals surface area contributed by atoms with Gasteiger partial charge in [0.05, 0.1) is 18.1 Å². The molecule has 3 N–H and O–H groups in total. The molecule has 2 fully saturated rings. The van der Waals surface area contributed by atoms with E-state index in [-0.39, 0.29) is 37.0 Å². The Morgan fingerprint density at radius 2 is 1.85 bits per heavy atom. The number of rotatable bonds is 7. The summed E-state index contributed by atoms with van der Waals surface area (Å²) in [6.45, 7) is 8.25. The number of allylic oxidation sites excluding steroid dienone is 1. The number of piperidine rings is 1. The number of carbonyl (C=O) groups excluding carboxylic acids is 2. The van der Waals surface area contributed by atoms with Crippen molar-refractivity contribution in [2.45, 2.75) is 51.6 Å². The summed E-state index contributed by atoms with van der Waals surface area (Å²) >= 11 is 0. The van der Waals surface area contributed by atoms with E-state index in [0.29, 0.717) is 17.4 Å². The van der Waals surface area contributed by atoms with Crippen molar-refractivity contribution in [2.24, 2.45) is 5.92 Å². The van der Waals surface area contributed by atoms with Gasteiger partial charge in [-0.15, -0.1) is 0 Å². The zero-order valence-corrected chi connectivity index (χ0v) is 24.0. The lowest BCUT2D eigenvalue weighted by molar-refractivity contribution is -0.136. The van der Waals surface area contributed by atoms with E-state index in [9.17, 15) is 9.59 Å². The van der Waals surface area contributed by atoms with Gasteiger partial charge in [0.15, 0.2) is 0 Å². The molecule has 2 saturated heterocycles. The van der Waals surface area contributed by atoms with Crippen molar-refractivity contribution in [1.82, 2.24) is 15.1 Å². The fourth-order valence-corrected chi connectivity index (χ4v) is 6.98. The summed E-state index contributed by atoms with van der Waals surface area (Å²) in [7, 11) is 0. The summed E-state index contributed by atoms with van der Waals surface area (Å²) in [4.78, 5) is 31.6. The Balaban J connectivity index is 1.25. The SMILES string of the molecule is CC1=C(/C=C2\C(=O)Nc3cccc(-c4cccc(OCCO)c4)c32)NC(C)C1C(=O)N1CCC(N2CCCC2)CC1. The van der Waals surface area contributed by atoms with Gasteiger partial charge in [-0.05, 0) is 93.6 Å². The number of likely N-dealkylation sites (tertiary alicyclic amines) is 2. The highest BCUT2D eigenvalue weighted by molar-refractivity contribution is 6.33. The number of aliphatic hydroxyl groups is 1. The molecule has 2 aromatic rings. The maximum atomic E-state index is 13.8. The standard InChI is InChI=1S/C33H40N4O4/c1-21-29(34-22(2)30(21)33(40)37-15-11-24(12-16-37)36-13-3-4-14-36)20-27-31-26(9-6-10-28(31)35-32(27)39)23-7-5-8-25(19-23)41-18-17-38/h5-10,19-20,22,24,30,34,38H,3-4,11-18H2,1-2H3,(H,35,39)/b27-20-. The Morgan fingerprint density at radius 3 is 2.61 bits per heavy atom. The number of hydrogen-bond donors (Lipinski definition) is 3. The summed E-state index contributed by atoms with van der Waals surface area (Å²) in [5.41, 5.74) is 5.84. The van der Waals surface area contributed by atoms with Gasteiger partial charge in [-0.1, -0.05) is 24.3 Å². The molecule has 4 aliphatic heterocycles. The van der Waals surface area contributed by atoms with Gasteiger partial charge >= 0.3 is 0 Å². The molecule has 4 aliphatic rings. The Labute approximate surface area is 242 Å². The second-order valence-electron chi connectivity index (χ2n) is 11.6. The summed E-state index contributed by atoms with van der Waals surface area (Å²) in [5.74, 6) is 0.443. The van der Waals surface area contributed by atoms with Crippen LogP contribution in [0.3, 0.4) is 0 Å². The first-order valence-electron chi connectivity index (χ1n) is 14.9. The second-order valence-corrected chi connectivity index (χ2v) is 11.6. The van der Waals surface area contributed by atoms with Crippen LogP contribution in [0.15, 0.2) is 59.8 Å². The largest absolute Gasteiger partial charge is 0.491 e. The highest BCUT2D eigenvalue weighted by Crippen LogP contribution is 2.41. The van der Waals surface area contributed by atoms with Gasteiger partial charge in [-0.3, -0.25) is 9.59 Å². The lowest BCUT2D eigenvalue weighted by atomic mass is 9.92. The van der Waals surface area contributed by atoms with E-state index in [1.807, 2.05) is 55.5 Å². The third kappa shape index (κ3) is 5.38. The van der Waals surface area contributed by atoms with Crippen molar-refractivity contribution < 1.29 is 19.4 Å². The van der Waals surface area contributed by atoms with Crippen molar-refractivity contribution in [3.63, 3.8) is 0 Å². The smallest absolute Gasteiger partial charge is 0.256 e. The van der Waals surface area contributed by atoms with Crippen LogP contribution in [-0.2, 0) is 9.59 Å². The Bertz CT molecular complexity index is 1390. The monoisotopic (exact) mass is 556 g/mol. The minimum atomic E-state index is -0.246. The molecule has 0 spiro atoms. The molecule has 216 valence electrons. The quantitative estimate of drug-likeness (QED) is 0.446. The Kier molecular flexibility index (Phi) is 7.86. The van der Waals surface area contributed by atoms with Crippen LogP contribution in [0.1, 0.15) is 45.1 Å². The summed E-state index contributed by atoms with van der Waals surface area (Å²) in [6.07, 6.45) is 6.59. The second kappa shape index (κ2) is 11.7. The molecule has 8 nitrogen and oxygen atoms in total. The lowest BCUT2D eigenvalue weighted by Crippen LogP contribution is -2.49.